The van der Waals surface area contributed by atoms with Gasteiger partial charge in [0, 0.05) is 24.3 Å². The van der Waals surface area contributed by atoms with Gasteiger partial charge in [-0.25, -0.2) is 8.42 Å². The maximum Gasteiger partial charge on any atom is 0.269 e. The molecule has 0 spiro atoms. The van der Waals surface area contributed by atoms with E-state index in [1.54, 1.807) is 48.6 Å². The van der Waals surface area contributed by atoms with Crippen molar-refractivity contribution in [1.82, 2.24) is 0 Å². The molecule has 0 aliphatic carbocycles. The molecule has 0 fully saturated rings. The summed E-state index contributed by atoms with van der Waals surface area (Å²) in [4.78, 5) is 21.6. The van der Waals surface area contributed by atoms with Gasteiger partial charge in [0.2, 0.25) is 0 Å². The number of nitro groups is 2. The molecule has 12 nitrogen and oxygen atoms in total. The fourth-order valence-corrected chi connectivity index (χ4v) is 6.99. The van der Waals surface area contributed by atoms with Gasteiger partial charge in [0.25, 0.3) is 11.4 Å². The summed E-state index contributed by atoms with van der Waals surface area (Å²) in [7, 11) is 1.55. The highest BCUT2D eigenvalue weighted by Crippen LogP contribution is 2.40. The monoisotopic (exact) mass is 660 g/mol. The third-order valence-electron chi connectivity index (χ3n) is 7.38. The van der Waals surface area contributed by atoms with Crippen LogP contribution in [0.1, 0.15) is 32.8 Å². The highest BCUT2D eigenvalue weighted by molar-refractivity contribution is 7.92. The smallest absolute Gasteiger partial charge is 0.269 e. The number of benzene rings is 4. The molecule has 0 aromatic heterocycles. The Bertz CT molecular complexity index is 1730. The first-order valence-electron chi connectivity index (χ1n) is 14.1. The van der Waals surface area contributed by atoms with Gasteiger partial charge in [-0.3, -0.25) is 20.2 Å². The van der Waals surface area contributed by atoms with Gasteiger partial charge >= 0.3 is 0 Å². The zero-order valence-electron chi connectivity index (χ0n) is 25.9. The summed E-state index contributed by atoms with van der Waals surface area (Å²) in [5.41, 5.74) is 1.01. The number of methoxy groups -OCH3 is 4. The fraction of sp³-hybridized carbons (Fsp3) is 0.176. The molecule has 0 heterocycles. The molecule has 0 bridgehead atoms. The number of nitrogens with zero attached hydrogens (tertiary/aromatic N) is 2. The van der Waals surface area contributed by atoms with Crippen molar-refractivity contribution >= 4 is 33.4 Å². The van der Waals surface area contributed by atoms with E-state index in [0.29, 0.717) is 34.1 Å². The van der Waals surface area contributed by atoms with E-state index in [1.165, 1.54) is 89.1 Å². The minimum atomic E-state index is -4.33. The Morgan fingerprint density at radius 1 is 0.553 bits per heavy atom. The van der Waals surface area contributed by atoms with E-state index in [1.807, 2.05) is 0 Å². The Balaban J connectivity index is 1.95. The molecule has 244 valence electrons. The van der Waals surface area contributed by atoms with Crippen molar-refractivity contribution < 1.29 is 37.2 Å². The summed E-state index contributed by atoms with van der Waals surface area (Å²) in [6.07, 6.45) is 6.02. The lowest BCUT2D eigenvalue weighted by Gasteiger charge is -2.22. The van der Waals surface area contributed by atoms with Crippen molar-refractivity contribution in [3.05, 3.63) is 140 Å². The van der Waals surface area contributed by atoms with Crippen molar-refractivity contribution in [3.63, 3.8) is 0 Å². The van der Waals surface area contributed by atoms with E-state index in [9.17, 15) is 28.6 Å². The molecular formula is C34H32N2O10S. The van der Waals surface area contributed by atoms with Crippen LogP contribution in [-0.2, 0) is 9.84 Å². The molecule has 2 atom stereocenters. The van der Waals surface area contributed by atoms with Crippen LogP contribution >= 0.6 is 0 Å². The van der Waals surface area contributed by atoms with E-state index in [4.69, 9.17) is 18.9 Å². The van der Waals surface area contributed by atoms with Gasteiger partial charge in [0.15, 0.2) is 9.84 Å². The molecule has 13 heteroatoms. The van der Waals surface area contributed by atoms with Crippen LogP contribution in [0.5, 0.6) is 23.0 Å². The second kappa shape index (κ2) is 15.1. The van der Waals surface area contributed by atoms with Crippen LogP contribution in [-0.4, -0.2) is 46.7 Å². The van der Waals surface area contributed by atoms with E-state index in [-0.39, 0.29) is 22.5 Å². The van der Waals surface area contributed by atoms with Crippen LogP contribution < -0.4 is 18.9 Å². The molecule has 0 amide bonds. The zero-order chi connectivity index (χ0) is 34.1. The molecule has 0 saturated heterocycles. The molecule has 0 aliphatic rings. The van der Waals surface area contributed by atoms with E-state index < -0.39 is 30.2 Å². The van der Waals surface area contributed by atoms with Gasteiger partial charge in [-0.2, -0.15) is 0 Å². The van der Waals surface area contributed by atoms with E-state index in [2.05, 4.69) is 0 Å². The average molecular weight is 661 g/mol. The molecule has 4 aromatic carbocycles. The molecule has 0 saturated carbocycles. The first-order chi connectivity index (χ1) is 22.5. The molecule has 47 heavy (non-hydrogen) atoms. The third kappa shape index (κ3) is 7.59. The predicted molar refractivity (Wildman–Crippen MR) is 178 cm³/mol. The summed E-state index contributed by atoms with van der Waals surface area (Å²) in [5, 5.41) is 20.1. The Morgan fingerprint density at radius 3 is 1.11 bits per heavy atom. The van der Waals surface area contributed by atoms with E-state index in [0.717, 1.165) is 0 Å². The van der Waals surface area contributed by atoms with Gasteiger partial charge in [0.05, 0.1) is 49.4 Å². The van der Waals surface area contributed by atoms with Crippen molar-refractivity contribution in [2.45, 2.75) is 10.5 Å². The highest BCUT2D eigenvalue weighted by Gasteiger charge is 2.34. The van der Waals surface area contributed by atoms with Gasteiger partial charge < -0.3 is 18.9 Å². The average Bonchev–Trinajstić information content (AvgIpc) is 3.08. The topological polar surface area (TPSA) is 157 Å². The second-order valence-electron chi connectivity index (χ2n) is 10.00. The largest absolute Gasteiger partial charge is 0.496 e. The summed E-state index contributed by atoms with van der Waals surface area (Å²) in [6.45, 7) is 0. The molecule has 4 aromatic rings. The molecular weight excluding hydrogens is 628 g/mol. The number of rotatable bonds is 14. The normalized spacial score (nSPS) is 12.9. The van der Waals surface area contributed by atoms with Crippen LogP contribution in [0.25, 0.3) is 12.2 Å². The lowest BCUT2D eigenvalue weighted by atomic mass is 10.1. The Hall–Kier alpha value is -5.69. The summed E-state index contributed by atoms with van der Waals surface area (Å²) in [6, 6.07) is 20.7. The van der Waals surface area contributed by atoms with Crippen molar-refractivity contribution in [2.75, 3.05) is 28.4 Å². The van der Waals surface area contributed by atoms with Crippen LogP contribution in [0.15, 0.2) is 97.1 Å². The second-order valence-corrected chi connectivity index (χ2v) is 12.2. The summed E-state index contributed by atoms with van der Waals surface area (Å²) in [5.74, 6) is 1.71. The summed E-state index contributed by atoms with van der Waals surface area (Å²) >= 11 is 0. The van der Waals surface area contributed by atoms with Gasteiger partial charge in [-0.1, -0.05) is 48.6 Å². The lowest BCUT2D eigenvalue weighted by molar-refractivity contribution is -0.385. The third-order valence-corrected chi connectivity index (χ3v) is 9.65. The van der Waals surface area contributed by atoms with Crippen LogP contribution in [0, 0.1) is 20.2 Å². The maximum absolute atomic E-state index is 14.8. The van der Waals surface area contributed by atoms with Crippen molar-refractivity contribution in [1.29, 1.82) is 0 Å². The first-order valence-corrected chi connectivity index (χ1v) is 15.7. The molecule has 4 rings (SSSR count). The quantitative estimate of drug-likeness (QED) is 0.100. The van der Waals surface area contributed by atoms with Gasteiger partial charge in [0.1, 0.15) is 33.5 Å². The zero-order valence-corrected chi connectivity index (χ0v) is 26.7. The number of nitro benzene ring substituents is 2. The summed E-state index contributed by atoms with van der Waals surface area (Å²) < 4.78 is 51.6. The number of ether oxygens (including phenoxy) is 4. The standard InChI is InChI=1S/C34H32N2O10S/c1-43-29-7-5-8-30(44-2)27(29)19-21-33(23-11-15-25(16-12-23)35(37)38)47(41,42)34(24-13-17-26(18-14-24)36(39)40)22-20-28-31(45-3)9-6-10-32(28)46-4/h5-22,33-34H,1-4H3. The van der Waals surface area contributed by atoms with E-state index >= 15 is 0 Å². The highest BCUT2D eigenvalue weighted by atomic mass is 32.2. The first kappa shape index (κ1) is 34.2. The van der Waals surface area contributed by atoms with Crippen LogP contribution in [0.2, 0.25) is 0 Å². The predicted octanol–water partition coefficient (Wildman–Crippen LogP) is 7.16. The number of sulfone groups is 1. The Morgan fingerprint density at radius 2 is 0.851 bits per heavy atom. The molecule has 0 N–H and O–H groups in total. The van der Waals surface area contributed by atoms with Crippen LogP contribution in [0.4, 0.5) is 11.4 Å². The minimum absolute atomic E-state index is 0.213. The van der Waals surface area contributed by atoms with Gasteiger partial charge in [-0.15, -0.1) is 0 Å². The van der Waals surface area contributed by atoms with Gasteiger partial charge in [-0.05, 0) is 47.5 Å². The van der Waals surface area contributed by atoms with Crippen LogP contribution in [0.3, 0.4) is 0 Å². The number of hydrogen-bond donors (Lipinski definition) is 0. The fourth-order valence-electron chi connectivity index (χ4n) is 5.01. The number of non-ortho nitro benzene ring substituents is 2. The van der Waals surface area contributed by atoms with Crippen molar-refractivity contribution in [3.8, 4) is 23.0 Å². The maximum atomic E-state index is 14.8. The number of hydrogen-bond acceptors (Lipinski definition) is 10. The SMILES string of the molecule is COc1cccc(OC)c1C=CC(c1ccc([N+](=O)[O-])cc1)S(=O)(=O)C(C=Cc1c(OC)cccc1OC)c1ccc([N+](=O)[O-])cc1. The minimum Gasteiger partial charge on any atom is -0.496 e. The molecule has 0 radical (unpaired) electrons. The van der Waals surface area contributed by atoms with Crippen molar-refractivity contribution in [2.24, 2.45) is 0 Å². The Labute approximate surface area is 271 Å². The molecule has 2 unspecified atom stereocenters. The Kier molecular flexibility index (Phi) is 11.0. The molecule has 0 aliphatic heterocycles. The lowest BCUT2D eigenvalue weighted by Crippen LogP contribution is -2.19.